The fraction of sp³-hybridized carbons (Fsp3) is 0.625. The molecule has 3 rings (SSSR count). The van der Waals surface area contributed by atoms with Gasteiger partial charge >= 0.3 is 0 Å². The molecule has 0 saturated carbocycles. The van der Waals surface area contributed by atoms with Gasteiger partial charge in [-0.05, 0) is 37.7 Å². The highest BCUT2D eigenvalue weighted by atomic mass is 16.2. The minimum absolute atomic E-state index is 0.224. The van der Waals surface area contributed by atoms with Crippen LogP contribution in [0.4, 0.5) is 0 Å². The van der Waals surface area contributed by atoms with E-state index >= 15 is 0 Å². The van der Waals surface area contributed by atoms with E-state index in [2.05, 4.69) is 38.9 Å². The van der Waals surface area contributed by atoms with Gasteiger partial charge in [-0.1, -0.05) is 0 Å². The second-order valence-corrected chi connectivity index (χ2v) is 6.20. The number of aromatic nitrogens is 1. The number of carbonyl (C=O) groups is 1. The third kappa shape index (κ3) is 3.60. The molecule has 1 unspecified atom stereocenters. The number of likely N-dealkylation sites (tertiary alicyclic amines) is 1. The monoisotopic (exact) mass is 288 g/mol. The van der Waals surface area contributed by atoms with Crippen molar-refractivity contribution >= 4 is 5.91 Å². The van der Waals surface area contributed by atoms with E-state index in [1.54, 1.807) is 0 Å². The highest BCUT2D eigenvalue weighted by Crippen LogP contribution is 2.18. The normalized spacial score (nSPS) is 24.4. The summed E-state index contributed by atoms with van der Waals surface area (Å²) in [4.78, 5) is 23.3. The molecule has 2 saturated heterocycles. The third-order valence-corrected chi connectivity index (χ3v) is 4.58. The summed E-state index contributed by atoms with van der Waals surface area (Å²) < 4.78 is 0. The molecule has 5 heteroatoms. The first kappa shape index (κ1) is 14.5. The summed E-state index contributed by atoms with van der Waals surface area (Å²) in [6.07, 6.45) is 4.70. The first-order chi connectivity index (χ1) is 10.2. The molecule has 0 radical (unpaired) electrons. The predicted molar refractivity (Wildman–Crippen MR) is 81.7 cm³/mol. The van der Waals surface area contributed by atoms with Crippen LogP contribution in [0.15, 0.2) is 24.5 Å². The van der Waals surface area contributed by atoms with Gasteiger partial charge in [-0.2, -0.15) is 0 Å². The number of amides is 1. The maximum absolute atomic E-state index is 12.5. The Balaban J connectivity index is 1.47. The highest BCUT2D eigenvalue weighted by Gasteiger charge is 2.31. The second-order valence-electron chi connectivity index (χ2n) is 6.20. The predicted octanol–water partition coefficient (Wildman–Crippen LogP) is 0.677. The van der Waals surface area contributed by atoms with E-state index in [9.17, 15) is 4.79 Å². The van der Waals surface area contributed by atoms with Crippen molar-refractivity contribution in [3.05, 3.63) is 30.1 Å². The quantitative estimate of drug-likeness (QED) is 0.820. The van der Waals surface area contributed by atoms with E-state index in [0.29, 0.717) is 5.91 Å². The molecule has 114 valence electrons. The van der Waals surface area contributed by atoms with Crippen molar-refractivity contribution in [1.29, 1.82) is 0 Å². The summed E-state index contributed by atoms with van der Waals surface area (Å²) >= 11 is 0. The van der Waals surface area contributed by atoms with Crippen LogP contribution in [-0.2, 0) is 11.3 Å². The van der Waals surface area contributed by atoms with Gasteiger partial charge in [0.2, 0.25) is 5.91 Å². The number of rotatable bonds is 3. The molecule has 21 heavy (non-hydrogen) atoms. The van der Waals surface area contributed by atoms with Crippen LogP contribution in [0.1, 0.15) is 12.0 Å². The molecule has 1 atom stereocenters. The fourth-order valence-electron chi connectivity index (χ4n) is 3.27. The van der Waals surface area contributed by atoms with E-state index in [1.165, 1.54) is 5.56 Å². The number of nitrogens with zero attached hydrogens (tertiary/aromatic N) is 4. The van der Waals surface area contributed by atoms with Crippen LogP contribution >= 0.6 is 0 Å². The van der Waals surface area contributed by atoms with Crippen molar-refractivity contribution in [3.63, 3.8) is 0 Å². The van der Waals surface area contributed by atoms with Crippen LogP contribution in [0.25, 0.3) is 0 Å². The Morgan fingerprint density at radius 2 is 1.90 bits per heavy atom. The van der Waals surface area contributed by atoms with Crippen LogP contribution in [0.3, 0.4) is 0 Å². The van der Waals surface area contributed by atoms with Gasteiger partial charge in [0.15, 0.2) is 0 Å². The minimum atomic E-state index is 0.224. The summed E-state index contributed by atoms with van der Waals surface area (Å²) in [5.74, 6) is 0.588. The number of piperazine rings is 1. The van der Waals surface area contributed by atoms with Crippen molar-refractivity contribution in [1.82, 2.24) is 19.7 Å². The van der Waals surface area contributed by atoms with Crippen molar-refractivity contribution in [2.24, 2.45) is 5.92 Å². The van der Waals surface area contributed by atoms with Gasteiger partial charge < -0.3 is 9.80 Å². The molecular weight excluding hydrogens is 264 g/mol. The zero-order valence-corrected chi connectivity index (χ0v) is 12.7. The molecule has 1 aromatic heterocycles. The summed E-state index contributed by atoms with van der Waals surface area (Å²) in [6, 6.07) is 4.12. The van der Waals surface area contributed by atoms with Crippen LogP contribution < -0.4 is 0 Å². The first-order valence-corrected chi connectivity index (χ1v) is 7.81. The topological polar surface area (TPSA) is 39.7 Å². The molecule has 0 bridgehead atoms. The van der Waals surface area contributed by atoms with E-state index in [4.69, 9.17) is 0 Å². The Labute approximate surface area is 126 Å². The Kier molecular flexibility index (Phi) is 4.51. The van der Waals surface area contributed by atoms with Crippen molar-refractivity contribution < 1.29 is 4.79 Å². The third-order valence-electron chi connectivity index (χ3n) is 4.58. The largest absolute Gasteiger partial charge is 0.340 e. The maximum atomic E-state index is 12.5. The highest BCUT2D eigenvalue weighted by molar-refractivity contribution is 5.79. The Morgan fingerprint density at radius 3 is 2.52 bits per heavy atom. The Bertz CT molecular complexity index is 470. The molecule has 1 amide bonds. The van der Waals surface area contributed by atoms with Crippen molar-refractivity contribution in [2.75, 3.05) is 46.3 Å². The molecule has 0 aliphatic carbocycles. The minimum Gasteiger partial charge on any atom is -0.340 e. The lowest BCUT2D eigenvalue weighted by atomic mass is 10.1. The molecule has 2 aliphatic heterocycles. The molecule has 1 aromatic rings. The van der Waals surface area contributed by atoms with Crippen LogP contribution in [-0.4, -0.2) is 71.9 Å². The van der Waals surface area contributed by atoms with Crippen LogP contribution in [0, 0.1) is 5.92 Å². The standard InChI is InChI=1S/C16H24N4O/c1-18-7-4-15(13-18)16(21)20-10-8-19(9-11-20)12-14-2-5-17-6-3-14/h2-3,5-6,15H,4,7-13H2,1H3. The second kappa shape index (κ2) is 6.54. The van der Waals surface area contributed by atoms with E-state index in [1.807, 2.05) is 12.4 Å². The van der Waals surface area contributed by atoms with E-state index < -0.39 is 0 Å². The molecule has 2 fully saturated rings. The molecular formula is C16H24N4O. The van der Waals surface area contributed by atoms with E-state index in [-0.39, 0.29) is 5.92 Å². The van der Waals surface area contributed by atoms with Gasteiger partial charge in [-0.25, -0.2) is 0 Å². The number of pyridine rings is 1. The molecule has 0 aromatic carbocycles. The SMILES string of the molecule is CN1CCC(C(=O)N2CCN(Cc3ccncc3)CC2)C1. The lowest BCUT2D eigenvalue weighted by Crippen LogP contribution is -2.50. The number of carbonyl (C=O) groups excluding carboxylic acids is 1. The van der Waals surface area contributed by atoms with Gasteiger partial charge in [0.05, 0.1) is 5.92 Å². The smallest absolute Gasteiger partial charge is 0.227 e. The van der Waals surface area contributed by atoms with Crippen molar-refractivity contribution in [3.8, 4) is 0 Å². The zero-order chi connectivity index (χ0) is 14.7. The summed E-state index contributed by atoms with van der Waals surface area (Å²) in [6.45, 7) is 6.60. The number of hydrogen-bond donors (Lipinski definition) is 0. The molecule has 5 nitrogen and oxygen atoms in total. The average Bonchev–Trinajstić information content (AvgIpc) is 2.95. The van der Waals surface area contributed by atoms with Crippen molar-refractivity contribution in [2.45, 2.75) is 13.0 Å². The Hall–Kier alpha value is -1.46. The molecule has 2 aliphatic rings. The lowest BCUT2D eigenvalue weighted by Gasteiger charge is -2.36. The summed E-state index contributed by atoms with van der Waals surface area (Å²) in [5, 5.41) is 0. The average molecular weight is 288 g/mol. The van der Waals surface area contributed by atoms with Gasteiger partial charge in [-0.15, -0.1) is 0 Å². The molecule has 0 N–H and O–H groups in total. The van der Waals surface area contributed by atoms with Crippen LogP contribution in [0.5, 0.6) is 0 Å². The maximum Gasteiger partial charge on any atom is 0.227 e. The van der Waals surface area contributed by atoms with Gasteiger partial charge in [0.1, 0.15) is 0 Å². The zero-order valence-electron chi connectivity index (χ0n) is 12.7. The summed E-state index contributed by atoms with van der Waals surface area (Å²) in [7, 11) is 2.10. The first-order valence-electron chi connectivity index (χ1n) is 7.81. The summed E-state index contributed by atoms with van der Waals surface area (Å²) in [5.41, 5.74) is 1.29. The molecule has 0 spiro atoms. The van der Waals surface area contributed by atoms with Crippen LogP contribution in [0.2, 0.25) is 0 Å². The Morgan fingerprint density at radius 1 is 1.19 bits per heavy atom. The number of hydrogen-bond acceptors (Lipinski definition) is 4. The molecule has 3 heterocycles. The van der Waals surface area contributed by atoms with Gasteiger partial charge in [0.25, 0.3) is 0 Å². The van der Waals surface area contributed by atoms with Gasteiger partial charge in [0, 0.05) is 51.7 Å². The fourth-order valence-corrected chi connectivity index (χ4v) is 3.27. The van der Waals surface area contributed by atoms with Gasteiger partial charge in [-0.3, -0.25) is 14.7 Å². The lowest BCUT2D eigenvalue weighted by molar-refractivity contribution is -0.136. The van der Waals surface area contributed by atoms with E-state index in [0.717, 1.165) is 52.2 Å².